The Morgan fingerprint density at radius 2 is 2.10 bits per heavy atom. The topological polar surface area (TPSA) is 12.0 Å². The van der Waals surface area contributed by atoms with E-state index in [-0.39, 0.29) is 6.04 Å². The van der Waals surface area contributed by atoms with E-state index < -0.39 is 0 Å². The van der Waals surface area contributed by atoms with Crippen molar-refractivity contribution in [3.8, 4) is 0 Å². The minimum atomic E-state index is 0.282. The molecule has 2 heterocycles. The Morgan fingerprint density at radius 1 is 1.24 bits per heavy atom. The zero-order chi connectivity index (χ0) is 14.9. The van der Waals surface area contributed by atoms with Crippen LogP contribution in [0.3, 0.4) is 0 Å². The second-order valence-electron chi connectivity index (χ2n) is 6.54. The van der Waals surface area contributed by atoms with Crippen molar-refractivity contribution in [2.75, 3.05) is 0 Å². The predicted molar refractivity (Wildman–Crippen MR) is 94.7 cm³/mol. The number of hydrogen-bond acceptors (Lipinski definition) is 3. The lowest BCUT2D eigenvalue weighted by Gasteiger charge is -2.41. The molecule has 2 atom stereocenters. The number of rotatable bonds is 4. The number of nitrogens with one attached hydrogen (secondary N) is 1. The Kier molecular flexibility index (Phi) is 4.75. The highest BCUT2D eigenvalue weighted by Gasteiger charge is 2.34. The summed E-state index contributed by atoms with van der Waals surface area (Å²) in [6.07, 6.45) is 5.28. The molecule has 0 radical (unpaired) electrons. The fraction of sp³-hybridized carbons (Fsp3) is 0.529. The zero-order valence-electron chi connectivity index (χ0n) is 12.6. The van der Waals surface area contributed by atoms with Gasteiger partial charge in [0.1, 0.15) is 0 Å². The van der Waals surface area contributed by atoms with Gasteiger partial charge in [0, 0.05) is 15.8 Å². The summed E-state index contributed by atoms with van der Waals surface area (Å²) in [5.41, 5.74) is 0.370. The van der Waals surface area contributed by atoms with E-state index in [0.717, 1.165) is 4.34 Å². The fourth-order valence-corrected chi connectivity index (χ4v) is 5.27. The largest absolute Gasteiger partial charge is 0.302 e. The molecule has 0 spiro atoms. The van der Waals surface area contributed by atoms with Crippen molar-refractivity contribution in [1.29, 1.82) is 0 Å². The van der Waals surface area contributed by atoms with Gasteiger partial charge in [-0.3, -0.25) is 0 Å². The van der Waals surface area contributed by atoms with Crippen LogP contribution >= 0.6 is 34.3 Å². The first-order valence-corrected chi connectivity index (χ1v) is 9.68. The molecule has 1 saturated carbocycles. The van der Waals surface area contributed by atoms with Crippen molar-refractivity contribution < 1.29 is 0 Å². The second kappa shape index (κ2) is 6.41. The first-order valence-electron chi connectivity index (χ1n) is 7.61. The van der Waals surface area contributed by atoms with E-state index in [4.69, 9.17) is 11.6 Å². The Labute approximate surface area is 140 Å². The van der Waals surface area contributed by atoms with Gasteiger partial charge in [0.05, 0.1) is 10.4 Å². The van der Waals surface area contributed by atoms with Crippen molar-refractivity contribution >= 4 is 34.3 Å². The highest BCUT2D eigenvalue weighted by atomic mass is 35.5. The molecule has 3 rings (SSSR count). The van der Waals surface area contributed by atoms with Crippen LogP contribution in [0.5, 0.6) is 0 Å². The Balaban J connectivity index is 1.86. The average molecular weight is 340 g/mol. The molecular formula is C17H22ClNS2. The van der Waals surface area contributed by atoms with Crippen LogP contribution in [0, 0.1) is 5.41 Å². The first kappa shape index (κ1) is 15.5. The number of hydrogen-bond donors (Lipinski definition) is 1. The molecule has 2 aromatic heterocycles. The summed E-state index contributed by atoms with van der Waals surface area (Å²) in [4.78, 5) is 2.71. The summed E-state index contributed by atoms with van der Waals surface area (Å²) in [6, 6.07) is 9.39. The maximum absolute atomic E-state index is 6.16. The maximum Gasteiger partial charge on any atom is 0.0931 e. The van der Waals surface area contributed by atoms with Gasteiger partial charge in [-0.2, -0.15) is 0 Å². The lowest BCUT2D eigenvalue weighted by Crippen LogP contribution is -2.45. The third kappa shape index (κ3) is 3.53. The molecule has 21 heavy (non-hydrogen) atoms. The highest BCUT2D eigenvalue weighted by Crippen LogP contribution is 2.39. The highest BCUT2D eigenvalue weighted by molar-refractivity contribution is 7.16. The van der Waals surface area contributed by atoms with Crippen LogP contribution in [0.25, 0.3) is 0 Å². The quantitative estimate of drug-likeness (QED) is 0.708. The summed E-state index contributed by atoms with van der Waals surface area (Å²) in [7, 11) is 0. The van der Waals surface area contributed by atoms with E-state index in [0.29, 0.717) is 11.5 Å². The van der Waals surface area contributed by atoms with Gasteiger partial charge in [-0.05, 0) is 41.8 Å². The monoisotopic (exact) mass is 339 g/mol. The lowest BCUT2D eigenvalue weighted by molar-refractivity contribution is 0.161. The molecule has 114 valence electrons. The van der Waals surface area contributed by atoms with Gasteiger partial charge in [-0.15, -0.1) is 22.7 Å². The second-order valence-corrected chi connectivity index (χ2v) is 9.27. The summed E-state index contributed by atoms with van der Waals surface area (Å²) in [5.74, 6) is 0. The number of halogens is 1. The molecule has 4 heteroatoms. The average Bonchev–Trinajstić information content (AvgIpc) is 3.09. The van der Waals surface area contributed by atoms with Crippen LogP contribution in [-0.2, 0) is 0 Å². The zero-order valence-corrected chi connectivity index (χ0v) is 15.0. The molecule has 0 bridgehead atoms. The molecule has 2 unspecified atom stereocenters. The van der Waals surface area contributed by atoms with E-state index in [1.54, 1.807) is 11.3 Å². The summed E-state index contributed by atoms with van der Waals surface area (Å²) in [5, 5.41) is 6.10. The molecule has 1 N–H and O–H groups in total. The minimum absolute atomic E-state index is 0.282. The molecule has 0 amide bonds. The third-order valence-corrected chi connectivity index (χ3v) is 6.81. The fourth-order valence-electron chi connectivity index (χ4n) is 3.25. The molecule has 1 fully saturated rings. The Bertz CT molecular complexity index is 573. The van der Waals surface area contributed by atoms with Crippen molar-refractivity contribution in [2.24, 2.45) is 5.41 Å². The van der Waals surface area contributed by atoms with E-state index in [9.17, 15) is 0 Å². The molecule has 0 saturated heterocycles. The summed E-state index contributed by atoms with van der Waals surface area (Å²) < 4.78 is 0.872. The van der Waals surface area contributed by atoms with Gasteiger partial charge in [0.15, 0.2) is 0 Å². The summed E-state index contributed by atoms with van der Waals surface area (Å²) in [6.45, 7) is 4.80. The van der Waals surface area contributed by atoms with Crippen LogP contribution in [0.2, 0.25) is 4.34 Å². The first-order chi connectivity index (χ1) is 10.1. The van der Waals surface area contributed by atoms with Crippen LogP contribution < -0.4 is 5.32 Å². The molecule has 2 aromatic rings. The Hall–Kier alpha value is -0.350. The minimum Gasteiger partial charge on any atom is -0.302 e. The van der Waals surface area contributed by atoms with Crippen LogP contribution in [0.15, 0.2) is 29.6 Å². The van der Waals surface area contributed by atoms with E-state index in [1.807, 2.05) is 17.4 Å². The molecule has 1 nitrogen and oxygen atoms in total. The standard InChI is InChI=1S/C17H22ClNS2/c1-17(2)10-4-3-7-14(17)19-16(12-6-5-11-20-12)13-8-9-15(18)21-13/h5-6,8-9,11,14,16,19H,3-4,7,10H2,1-2H3. The van der Waals surface area contributed by atoms with Gasteiger partial charge in [-0.1, -0.05) is 44.4 Å². The van der Waals surface area contributed by atoms with Crippen LogP contribution in [0.4, 0.5) is 0 Å². The number of thiophene rings is 2. The van der Waals surface area contributed by atoms with Crippen molar-refractivity contribution in [2.45, 2.75) is 51.6 Å². The smallest absolute Gasteiger partial charge is 0.0931 e. The maximum atomic E-state index is 6.16. The van der Waals surface area contributed by atoms with E-state index in [2.05, 4.69) is 42.7 Å². The third-order valence-electron chi connectivity index (χ3n) is 4.58. The molecule has 0 aliphatic heterocycles. The Morgan fingerprint density at radius 3 is 2.71 bits per heavy atom. The SMILES string of the molecule is CC1(C)CCCCC1NC(c1cccs1)c1ccc(Cl)s1. The normalized spacial score (nSPS) is 23.1. The van der Waals surface area contributed by atoms with Gasteiger partial charge >= 0.3 is 0 Å². The summed E-state index contributed by atoms with van der Waals surface area (Å²) >= 11 is 9.68. The molecule has 0 aromatic carbocycles. The van der Waals surface area contributed by atoms with Gasteiger partial charge in [0.2, 0.25) is 0 Å². The molecule has 1 aliphatic carbocycles. The van der Waals surface area contributed by atoms with Crippen molar-refractivity contribution in [3.05, 3.63) is 43.7 Å². The van der Waals surface area contributed by atoms with Crippen molar-refractivity contribution in [1.82, 2.24) is 5.32 Å². The van der Waals surface area contributed by atoms with E-state index >= 15 is 0 Å². The van der Waals surface area contributed by atoms with Gasteiger partial charge in [-0.25, -0.2) is 0 Å². The van der Waals surface area contributed by atoms with Gasteiger partial charge < -0.3 is 5.32 Å². The predicted octanol–water partition coefficient (Wildman–Crippen LogP) is 6.11. The molecule has 1 aliphatic rings. The van der Waals surface area contributed by atoms with Crippen LogP contribution in [-0.4, -0.2) is 6.04 Å². The van der Waals surface area contributed by atoms with Crippen molar-refractivity contribution in [3.63, 3.8) is 0 Å². The van der Waals surface area contributed by atoms with E-state index in [1.165, 1.54) is 35.4 Å². The van der Waals surface area contributed by atoms with Crippen LogP contribution in [0.1, 0.15) is 55.3 Å². The van der Waals surface area contributed by atoms with Gasteiger partial charge in [0.25, 0.3) is 0 Å². The lowest BCUT2D eigenvalue weighted by atomic mass is 9.73. The molecular weight excluding hydrogens is 318 g/mol.